The molecule has 0 saturated carbocycles. The number of amides is 2. The maximum Gasteiger partial charge on any atom is 0.418 e. The first-order valence-corrected chi connectivity index (χ1v) is 16.2. The normalized spacial score (nSPS) is 10.6. The number of carbonyl (C=O) groups excluding carboxylic acids is 2. The number of hydrogen-bond donors (Lipinski definition) is 4. The molecule has 0 aliphatic carbocycles. The molecule has 0 spiro atoms. The Kier molecular flexibility index (Phi) is 14.1. The van der Waals surface area contributed by atoms with E-state index in [1.54, 1.807) is 61.5 Å². The summed E-state index contributed by atoms with van der Waals surface area (Å²) in [5, 5.41) is 22.2. The van der Waals surface area contributed by atoms with Crippen molar-refractivity contribution in [3.8, 4) is 35.2 Å². The van der Waals surface area contributed by atoms with Crippen LogP contribution in [-0.2, 0) is 15.8 Å². The second kappa shape index (κ2) is 18.9. The number of halogens is 3. The first kappa shape index (κ1) is 38.1. The minimum Gasteiger partial charge on any atom is -0.494 e. The molecule has 0 aromatic heterocycles. The van der Waals surface area contributed by atoms with Crippen LogP contribution >= 0.6 is 0 Å². The number of nitrogens with one attached hydrogen (secondary N) is 2. The fourth-order valence-electron chi connectivity index (χ4n) is 4.57. The number of hydrogen-bond acceptors (Lipinski definition) is 6. The minimum atomic E-state index is -4.84. The highest BCUT2D eigenvalue weighted by molar-refractivity contribution is 6.43. The van der Waals surface area contributed by atoms with Gasteiger partial charge in [0, 0.05) is 41.2 Å². The van der Waals surface area contributed by atoms with E-state index >= 15 is 0 Å². The molecule has 8 nitrogen and oxygen atoms in total. The Hall–Kier alpha value is -5.75. The highest BCUT2D eigenvalue weighted by atomic mass is 19.4. The molecule has 2 amide bonds. The molecular formula is C40H37F3N2O6. The third-order valence-corrected chi connectivity index (χ3v) is 7.31. The van der Waals surface area contributed by atoms with E-state index < -0.39 is 29.2 Å². The molecule has 264 valence electrons. The lowest BCUT2D eigenvalue weighted by molar-refractivity contribution is -0.137. The van der Waals surface area contributed by atoms with E-state index in [4.69, 9.17) is 19.7 Å². The molecular weight excluding hydrogens is 661 g/mol. The van der Waals surface area contributed by atoms with Crippen LogP contribution in [-0.4, -0.2) is 48.5 Å². The van der Waals surface area contributed by atoms with Gasteiger partial charge in [-0.25, -0.2) is 0 Å². The highest BCUT2D eigenvalue weighted by Gasteiger charge is 2.34. The van der Waals surface area contributed by atoms with E-state index in [1.807, 2.05) is 12.1 Å². The maximum absolute atomic E-state index is 14.0. The Morgan fingerprint density at radius 1 is 0.608 bits per heavy atom. The van der Waals surface area contributed by atoms with Crippen molar-refractivity contribution in [2.75, 3.05) is 37.1 Å². The summed E-state index contributed by atoms with van der Waals surface area (Å²) < 4.78 is 53.1. The number of rotatable bonds is 12. The quantitative estimate of drug-likeness (QED) is 0.0745. The van der Waals surface area contributed by atoms with E-state index in [-0.39, 0.29) is 18.8 Å². The lowest BCUT2D eigenvalue weighted by atomic mass is 10.1. The second-order valence-electron chi connectivity index (χ2n) is 11.3. The molecule has 0 heterocycles. The summed E-state index contributed by atoms with van der Waals surface area (Å²) in [4.78, 5) is 25.4. The predicted molar refractivity (Wildman–Crippen MR) is 188 cm³/mol. The van der Waals surface area contributed by atoms with Gasteiger partial charge < -0.3 is 30.3 Å². The summed E-state index contributed by atoms with van der Waals surface area (Å²) in [7, 11) is 0. The first-order chi connectivity index (χ1) is 24.5. The minimum absolute atomic E-state index is 0.0595. The van der Waals surface area contributed by atoms with Gasteiger partial charge in [-0.15, -0.1) is 0 Å². The van der Waals surface area contributed by atoms with Crippen LogP contribution in [0, 0.1) is 30.6 Å². The Balaban J connectivity index is 1.36. The van der Waals surface area contributed by atoms with Crippen LogP contribution < -0.4 is 20.1 Å². The van der Waals surface area contributed by atoms with Crippen molar-refractivity contribution < 1.29 is 42.4 Å². The molecule has 0 unspecified atom stereocenters. The largest absolute Gasteiger partial charge is 0.494 e. The first-order valence-electron chi connectivity index (χ1n) is 16.2. The number of aliphatic hydroxyl groups is 2. The van der Waals surface area contributed by atoms with Crippen molar-refractivity contribution >= 4 is 23.2 Å². The smallest absolute Gasteiger partial charge is 0.418 e. The van der Waals surface area contributed by atoms with Gasteiger partial charge >= 0.3 is 18.0 Å². The lowest BCUT2D eigenvalue weighted by Crippen LogP contribution is -2.30. The van der Waals surface area contributed by atoms with Crippen molar-refractivity contribution in [2.24, 2.45) is 0 Å². The van der Waals surface area contributed by atoms with Gasteiger partial charge in [-0.2, -0.15) is 13.2 Å². The van der Waals surface area contributed by atoms with E-state index in [0.717, 1.165) is 24.1 Å². The zero-order valence-corrected chi connectivity index (χ0v) is 27.9. The zero-order valence-electron chi connectivity index (χ0n) is 27.9. The second-order valence-corrected chi connectivity index (χ2v) is 11.3. The molecule has 4 N–H and O–H groups in total. The predicted octanol–water partition coefficient (Wildman–Crippen LogP) is 6.69. The van der Waals surface area contributed by atoms with E-state index in [0.29, 0.717) is 66.4 Å². The van der Waals surface area contributed by atoms with Crippen molar-refractivity contribution in [3.05, 3.63) is 118 Å². The van der Waals surface area contributed by atoms with Crippen LogP contribution in [0.15, 0.2) is 84.9 Å². The van der Waals surface area contributed by atoms with E-state index in [1.165, 1.54) is 6.07 Å². The maximum atomic E-state index is 14.0. The fraction of sp³-hybridized carbons (Fsp3) is 0.250. The highest BCUT2D eigenvalue weighted by Crippen LogP contribution is 2.35. The lowest BCUT2D eigenvalue weighted by Gasteiger charge is -2.14. The van der Waals surface area contributed by atoms with Crippen molar-refractivity contribution in [1.82, 2.24) is 0 Å². The number of aryl methyl sites for hydroxylation is 1. The Morgan fingerprint density at radius 2 is 1.02 bits per heavy atom. The van der Waals surface area contributed by atoms with Gasteiger partial charge in [-0.1, -0.05) is 23.7 Å². The van der Waals surface area contributed by atoms with Crippen LogP contribution in [0.4, 0.5) is 24.5 Å². The summed E-state index contributed by atoms with van der Waals surface area (Å²) in [6.07, 6.45) is -2.07. The SMILES string of the molecule is Cc1cc(C#Cc2ccc(OCCCCO)cc2)ccc1NC(=O)C(=O)Nc1ccc(C#Cc2ccc(OCCCCO)cc2)cc1C(F)(F)F. The van der Waals surface area contributed by atoms with Crippen molar-refractivity contribution in [2.45, 2.75) is 38.8 Å². The molecule has 0 saturated heterocycles. The zero-order chi connectivity index (χ0) is 36.6. The average molecular weight is 699 g/mol. The Labute approximate surface area is 294 Å². The van der Waals surface area contributed by atoms with Gasteiger partial charge in [0.2, 0.25) is 0 Å². The molecule has 0 bridgehead atoms. The number of ether oxygens (including phenoxy) is 2. The average Bonchev–Trinajstić information content (AvgIpc) is 3.12. The molecule has 4 aromatic carbocycles. The molecule has 11 heteroatoms. The van der Waals surface area contributed by atoms with Crippen LogP contribution in [0.25, 0.3) is 0 Å². The number of aliphatic hydroxyl groups excluding tert-OH is 2. The summed E-state index contributed by atoms with van der Waals surface area (Å²) in [5.74, 6) is 10.5. The molecule has 0 aliphatic heterocycles. The molecule has 4 aromatic rings. The number of alkyl halides is 3. The van der Waals surface area contributed by atoms with Crippen molar-refractivity contribution in [3.63, 3.8) is 0 Å². The molecule has 4 rings (SSSR count). The number of unbranched alkanes of at least 4 members (excludes halogenated alkanes) is 2. The van der Waals surface area contributed by atoms with Crippen LogP contribution in [0.2, 0.25) is 0 Å². The van der Waals surface area contributed by atoms with Gasteiger partial charge in [-0.05, 0) is 123 Å². The van der Waals surface area contributed by atoms with E-state index in [2.05, 4.69) is 34.3 Å². The van der Waals surface area contributed by atoms with Crippen LogP contribution in [0.1, 0.15) is 59.1 Å². The fourth-order valence-corrected chi connectivity index (χ4v) is 4.57. The van der Waals surface area contributed by atoms with Gasteiger partial charge in [-0.3, -0.25) is 9.59 Å². The Bertz CT molecular complexity index is 1920. The number of carbonyl (C=O) groups is 2. The van der Waals surface area contributed by atoms with Gasteiger partial charge in [0.05, 0.1) is 24.5 Å². The third-order valence-electron chi connectivity index (χ3n) is 7.31. The van der Waals surface area contributed by atoms with Crippen LogP contribution in [0.3, 0.4) is 0 Å². The topological polar surface area (TPSA) is 117 Å². The van der Waals surface area contributed by atoms with Gasteiger partial charge in [0.1, 0.15) is 11.5 Å². The summed E-state index contributed by atoms with van der Waals surface area (Å²) >= 11 is 0. The third kappa shape index (κ3) is 12.3. The molecule has 0 fully saturated rings. The Morgan fingerprint density at radius 3 is 1.47 bits per heavy atom. The standard InChI is InChI=1S/C40H37F3N2O6/c1-28-26-31(8-6-29-10-16-33(17-11-29)50-24-4-2-22-46)14-20-36(28)44-38(48)39(49)45-37-21-15-32(27-35(37)40(41,42)43)9-7-30-12-18-34(19-13-30)51-25-5-3-23-47/h10-21,26-27,46-47H,2-5,22-25H2,1H3,(H,44,48)(H,45,49). The molecule has 0 aliphatic rings. The molecule has 0 radical (unpaired) electrons. The number of benzene rings is 4. The summed E-state index contributed by atoms with van der Waals surface area (Å²) in [6.45, 7) is 2.87. The van der Waals surface area contributed by atoms with Gasteiger partial charge in [0.25, 0.3) is 0 Å². The molecule has 51 heavy (non-hydrogen) atoms. The summed E-state index contributed by atoms with van der Waals surface area (Å²) in [6, 6.07) is 22.1. The number of anilines is 2. The van der Waals surface area contributed by atoms with E-state index in [9.17, 15) is 22.8 Å². The summed E-state index contributed by atoms with van der Waals surface area (Å²) in [5.41, 5.74) is 1.17. The van der Waals surface area contributed by atoms with Crippen molar-refractivity contribution in [1.29, 1.82) is 0 Å². The molecule has 0 atom stereocenters. The van der Waals surface area contributed by atoms with Gasteiger partial charge in [0.15, 0.2) is 0 Å². The van der Waals surface area contributed by atoms with Crippen LogP contribution in [0.5, 0.6) is 11.5 Å². The monoisotopic (exact) mass is 698 g/mol.